The fourth-order valence-electron chi connectivity index (χ4n) is 1.51. The Morgan fingerprint density at radius 2 is 2.11 bits per heavy atom. The van der Waals surface area contributed by atoms with Crippen molar-refractivity contribution in [2.24, 2.45) is 17.1 Å². The monoisotopic (exact) mass is 256 g/mol. The molecule has 1 aliphatic rings. The van der Waals surface area contributed by atoms with Crippen LogP contribution in [0.25, 0.3) is 0 Å². The number of nitrogens with two attached hydrogens (primary N) is 1. The van der Waals surface area contributed by atoms with Gasteiger partial charge in [0.25, 0.3) is 0 Å². The summed E-state index contributed by atoms with van der Waals surface area (Å²) in [4.78, 5) is 11.6. The van der Waals surface area contributed by atoms with E-state index in [1.165, 1.54) is 12.8 Å². The van der Waals surface area contributed by atoms with Gasteiger partial charge in [0.2, 0.25) is 5.91 Å². The van der Waals surface area contributed by atoms with Gasteiger partial charge in [-0.1, -0.05) is 20.8 Å². The summed E-state index contributed by atoms with van der Waals surface area (Å²) < 4.78 is 5.50. The third-order valence-corrected chi connectivity index (χ3v) is 3.36. The molecule has 1 aliphatic carbocycles. The Bertz CT molecular complexity index is 257. The molecule has 1 saturated carbocycles. The van der Waals surface area contributed by atoms with Crippen molar-refractivity contribution < 1.29 is 9.53 Å². The summed E-state index contributed by atoms with van der Waals surface area (Å²) in [6.45, 7) is 8.47. The minimum absolute atomic E-state index is 0.0231. The van der Waals surface area contributed by atoms with Crippen LogP contribution in [0, 0.1) is 11.3 Å². The molecule has 3 N–H and O–H groups in total. The number of rotatable bonds is 8. The summed E-state index contributed by atoms with van der Waals surface area (Å²) in [6.07, 6.45) is 3.92. The molecule has 1 unspecified atom stereocenters. The third kappa shape index (κ3) is 6.97. The van der Waals surface area contributed by atoms with Crippen molar-refractivity contribution in [1.82, 2.24) is 5.32 Å². The van der Waals surface area contributed by atoms with Crippen LogP contribution < -0.4 is 11.1 Å². The lowest BCUT2D eigenvalue weighted by Gasteiger charge is -2.26. The van der Waals surface area contributed by atoms with E-state index < -0.39 is 0 Å². The molecule has 0 heterocycles. The first-order chi connectivity index (χ1) is 8.39. The number of carbonyl (C=O) groups is 1. The van der Waals surface area contributed by atoms with Gasteiger partial charge in [-0.15, -0.1) is 0 Å². The van der Waals surface area contributed by atoms with E-state index in [-0.39, 0.29) is 17.4 Å². The summed E-state index contributed by atoms with van der Waals surface area (Å²) in [6, 6.07) is -0.0939. The van der Waals surface area contributed by atoms with Gasteiger partial charge < -0.3 is 15.8 Å². The molecule has 0 saturated heterocycles. The van der Waals surface area contributed by atoms with Gasteiger partial charge in [0.05, 0.1) is 0 Å². The summed E-state index contributed by atoms with van der Waals surface area (Å²) in [5, 5.41) is 2.89. The Balaban J connectivity index is 1.95. The second kappa shape index (κ2) is 7.10. The Morgan fingerprint density at radius 3 is 2.67 bits per heavy atom. The first-order valence-electron chi connectivity index (χ1n) is 6.99. The average Bonchev–Trinajstić information content (AvgIpc) is 3.05. The molecule has 0 bridgehead atoms. The van der Waals surface area contributed by atoms with Crippen molar-refractivity contribution in [3.05, 3.63) is 0 Å². The Hall–Kier alpha value is -0.610. The molecular weight excluding hydrogens is 228 g/mol. The van der Waals surface area contributed by atoms with Crippen LogP contribution in [-0.2, 0) is 9.53 Å². The highest BCUT2D eigenvalue weighted by atomic mass is 16.5. The fraction of sp³-hybridized carbons (Fsp3) is 0.929. The lowest BCUT2D eigenvalue weighted by molar-refractivity contribution is -0.122. The molecule has 0 aliphatic heterocycles. The Labute approximate surface area is 111 Å². The van der Waals surface area contributed by atoms with E-state index in [1.807, 2.05) is 0 Å². The lowest BCUT2D eigenvalue weighted by atomic mass is 9.85. The molecule has 0 aromatic carbocycles. The summed E-state index contributed by atoms with van der Waals surface area (Å²) in [5.41, 5.74) is 5.94. The van der Waals surface area contributed by atoms with Crippen LogP contribution in [0.4, 0.5) is 0 Å². The maximum Gasteiger partial charge on any atom is 0.221 e. The van der Waals surface area contributed by atoms with Crippen molar-refractivity contribution in [2.75, 3.05) is 19.8 Å². The minimum atomic E-state index is -0.0939. The second-order valence-corrected chi connectivity index (χ2v) is 6.40. The average molecular weight is 256 g/mol. The smallest absolute Gasteiger partial charge is 0.221 e. The van der Waals surface area contributed by atoms with Crippen LogP contribution >= 0.6 is 0 Å². The molecule has 18 heavy (non-hydrogen) atoms. The maximum atomic E-state index is 11.6. The van der Waals surface area contributed by atoms with Gasteiger partial charge in [-0.05, 0) is 30.6 Å². The van der Waals surface area contributed by atoms with Crippen LogP contribution in [-0.4, -0.2) is 31.7 Å². The van der Waals surface area contributed by atoms with E-state index in [9.17, 15) is 4.79 Å². The largest absolute Gasteiger partial charge is 0.381 e. The van der Waals surface area contributed by atoms with E-state index in [2.05, 4.69) is 26.1 Å². The number of ether oxygens (including phenoxy) is 1. The standard InChI is InChI=1S/C14H28N2O2/c1-14(2,3)12(15)9-13(17)16-7-4-8-18-10-11-5-6-11/h11-12H,4-10,15H2,1-3H3,(H,16,17). The van der Waals surface area contributed by atoms with Gasteiger partial charge in [-0.3, -0.25) is 4.79 Å². The van der Waals surface area contributed by atoms with Gasteiger partial charge in [0.1, 0.15) is 0 Å². The lowest BCUT2D eigenvalue weighted by Crippen LogP contribution is -2.40. The molecule has 1 rings (SSSR count). The first kappa shape index (κ1) is 15.4. The van der Waals surface area contributed by atoms with Gasteiger partial charge in [0, 0.05) is 32.2 Å². The molecule has 4 heteroatoms. The van der Waals surface area contributed by atoms with Gasteiger partial charge in [0.15, 0.2) is 0 Å². The van der Waals surface area contributed by atoms with Crippen LogP contribution in [0.2, 0.25) is 0 Å². The quantitative estimate of drug-likeness (QED) is 0.649. The highest BCUT2D eigenvalue weighted by molar-refractivity contribution is 5.76. The zero-order valence-corrected chi connectivity index (χ0v) is 12.0. The molecule has 0 radical (unpaired) electrons. The van der Waals surface area contributed by atoms with Crippen molar-refractivity contribution >= 4 is 5.91 Å². The summed E-state index contributed by atoms with van der Waals surface area (Å²) in [5.74, 6) is 0.851. The zero-order valence-electron chi connectivity index (χ0n) is 12.0. The molecule has 106 valence electrons. The molecule has 0 aromatic rings. The fourth-order valence-corrected chi connectivity index (χ4v) is 1.51. The first-order valence-corrected chi connectivity index (χ1v) is 6.99. The van der Waals surface area contributed by atoms with Crippen molar-refractivity contribution in [2.45, 2.75) is 52.5 Å². The van der Waals surface area contributed by atoms with Gasteiger partial charge in [-0.25, -0.2) is 0 Å². The van der Waals surface area contributed by atoms with Crippen LogP contribution in [0.3, 0.4) is 0 Å². The van der Waals surface area contributed by atoms with E-state index >= 15 is 0 Å². The van der Waals surface area contributed by atoms with Crippen LogP contribution in [0.5, 0.6) is 0 Å². The van der Waals surface area contributed by atoms with Crippen LogP contribution in [0.1, 0.15) is 46.5 Å². The van der Waals surface area contributed by atoms with Crippen molar-refractivity contribution in [3.63, 3.8) is 0 Å². The number of carbonyl (C=O) groups excluding carboxylic acids is 1. The SMILES string of the molecule is CC(C)(C)C(N)CC(=O)NCCCOCC1CC1. The normalized spacial score (nSPS) is 17.6. The van der Waals surface area contributed by atoms with Crippen LogP contribution in [0.15, 0.2) is 0 Å². The second-order valence-electron chi connectivity index (χ2n) is 6.40. The third-order valence-electron chi connectivity index (χ3n) is 3.36. The molecule has 1 atom stereocenters. The number of hydrogen-bond acceptors (Lipinski definition) is 3. The van der Waals surface area contributed by atoms with E-state index in [1.54, 1.807) is 0 Å². The Kier molecular flexibility index (Phi) is 6.09. The molecule has 4 nitrogen and oxygen atoms in total. The predicted molar refractivity (Wildman–Crippen MR) is 73.2 cm³/mol. The topological polar surface area (TPSA) is 64.4 Å². The zero-order chi connectivity index (χ0) is 13.6. The molecule has 0 spiro atoms. The maximum absolute atomic E-state index is 11.6. The van der Waals surface area contributed by atoms with Gasteiger partial charge >= 0.3 is 0 Å². The highest BCUT2D eigenvalue weighted by Gasteiger charge is 2.23. The molecule has 1 amide bonds. The number of nitrogens with one attached hydrogen (secondary N) is 1. The van der Waals surface area contributed by atoms with Crippen molar-refractivity contribution in [3.8, 4) is 0 Å². The molecule has 0 aromatic heterocycles. The minimum Gasteiger partial charge on any atom is -0.381 e. The molecule has 1 fully saturated rings. The van der Waals surface area contributed by atoms with E-state index in [4.69, 9.17) is 10.5 Å². The summed E-state index contributed by atoms with van der Waals surface area (Å²) >= 11 is 0. The molecular formula is C14H28N2O2. The van der Waals surface area contributed by atoms with E-state index in [0.717, 1.165) is 25.6 Å². The van der Waals surface area contributed by atoms with E-state index in [0.29, 0.717) is 13.0 Å². The predicted octanol–water partition coefficient (Wildman–Crippen LogP) is 1.68. The highest BCUT2D eigenvalue weighted by Crippen LogP contribution is 2.28. The summed E-state index contributed by atoms with van der Waals surface area (Å²) in [7, 11) is 0. The van der Waals surface area contributed by atoms with Crippen molar-refractivity contribution in [1.29, 1.82) is 0 Å². The van der Waals surface area contributed by atoms with Gasteiger partial charge in [-0.2, -0.15) is 0 Å². The number of amides is 1. The number of hydrogen-bond donors (Lipinski definition) is 2. The Morgan fingerprint density at radius 1 is 1.44 bits per heavy atom.